The Bertz CT molecular complexity index is 312. The second-order valence-corrected chi connectivity index (χ2v) is 4.03. The van der Waals surface area contributed by atoms with E-state index in [0.29, 0.717) is 0 Å². The van der Waals surface area contributed by atoms with Crippen LogP contribution in [-0.4, -0.2) is 29.3 Å². The molecule has 1 atom stereocenters. The fourth-order valence-electron chi connectivity index (χ4n) is 2.13. The number of hydrogen-bond acceptors (Lipinski definition) is 6. The highest BCUT2D eigenvalue weighted by molar-refractivity contribution is 5.90. The fraction of sp³-hybridized carbons (Fsp3) is 0.667. The predicted molar refractivity (Wildman–Crippen MR) is 44.1 cm³/mol. The van der Waals surface area contributed by atoms with Gasteiger partial charge in [0.25, 0.3) is 0 Å². The fourth-order valence-corrected chi connectivity index (χ4v) is 2.13. The van der Waals surface area contributed by atoms with Crippen molar-refractivity contribution in [1.29, 1.82) is 0 Å². The second kappa shape index (κ2) is 3.30. The molecule has 0 aromatic rings. The lowest BCUT2D eigenvalue weighted by molar-refractivity contribution is -0.198. The first kappa shape index (κ1) is 10.1. The molecule has 2 heterocycles. The standard InChI is InChI=1S/C9H10O6/c10-5-1-9(2-6(11)14-5)3-7(12)15-8(13)4-9/h5,10H,1-4H2. The summed E-state index contributed by atoms with van der Waals surface area (Å²) in [4.78, 5) is 33.3. The van der Waals surface area contributed by atoms with Gasteiger partial charge in [-0.15, -0.1) is 0 Å². The van der Waals surface area contributed by atoms with Gasteiger partial charge in [-0.25, -0.2) is 0 Å². The molecular formula is C9H10O6. The number of aliphatic hydroxyl groups excluding tert-OH is 1. The van der Waals surface area contributed by atoms with Crippen LogP contribution in [0.3, 0.4) is 0 Å². The lowest BCUT2D eigenvalue weighted by Gasteiger charge is -2.38. The van der Waals surface area contributed by atoms with Gasteiger partial charge in [-0.05, 0) is 0 Å². The summed E-state index contributed by atoms with van der Waals surface area (Å²) in [5.74, 6) is -1.88. The summed E-state index contributed by atoms with van der Waals surface area (Å²) in [6.45, 7) is 0. The van der Waals surface area contributed by atoms with E-state index in [0.717, 1.165) is 0 Å². The van der Waals surface area contributed by atoms with Crippen LogP contribution in [0.25, 0.3) is 0 Å². The molecule has 1 N–H and O–H groups in total. The number of cyclic esters (lactones) is 3. The minimum absolute atomic E-state index is 0.0229. The third kappa shape index (κ3) is 1.99. The van der Waals surface area contributed by atoms with E-state index < -0.39 is 29.6 Å². The van der Waals surface area contributed by atoms with E-state index in [9.17, 15) is 19.5 Å². The first-order valence-corrected chi connectivity index (χ1v) is 4.60. The molecule has 0 saturated carbocycles. The van der Waals surface area contributed by atoms with Crippen LogP contribution < -0.4 is 0 Å². The highest BCUT2D eigenvalue weighted by Crippen LogP contribution is 2.42. The zero-order chi connectivity index (χ0) is 11.1. The Hall–Kier alpha value is -1.43. The van der Waals surface area contributed by atoms with Gasteiger partial charge in [0.15, 0.2) is 0 Å². The van der Waals surface area contributed by atoms with Crippen LogP contribution in [0.15, 0.2) is 0 Å². The van der Waals surface area contributed by atoms with Crippen molar-refractivity contribution in [2.75, 3.05) is 0 Å². The molecule has 0 aromatic heterocycles. The van der Waals surface area contributed by atoms with Crippen molar-refractivity contribution < 1.29 is 29.0 Å². The van der Waals surface area contributed by atoms with Crippen molar-refractivity contribution in [2.45, 2.75) is 32.0 Å². The molecule has 6 nitrogen and oxygen atoms in total. The van der Waals surface area contributed by atoms with Gasteiger partial charge in [0, 0.05) is 11.8 Å². The van der Waals surface area contributed by atoms with Gasteiger partial charge in [-0.3, -0.25) is 14.4 Å². The molecule has 0 radical (unpaired) electrons. The summed E-state index contributed by atoms with van der Waals surface area (Å²) >= 11 is 0. The summed E-state index contributed by atoms with van der Waals surface area (Å²) in [5.41, 5.74) is -0.804. The largest absolute Gasteiger partial charge is 0.436 e. The Morgan fingerprint density at radius 1 is 1.07 bits per heavy atom. The minimum Gasteiger partial charge on any atom is -0.436 e. The average molecular weight is 214 g/mol. The molecule has 82 valence electrons. The zero-order valence-electron chi connectivity index (χ0n) is 7.89. The maximum absolute atomic E-state index is 11.1. The molecule has 1 spiro atoms. The number of hydrogen-bond donors (Lipinski definition) is 1. The second-order valence-electron chi connectivity index (χ2n) is 4.03. The minimum atomic E-state index is -1.23. The Labute approximate surface area is 85.2 Å². The van der Waals surface area contributed by atoms with Gasteiger partial charge < -0.3 is 14.6 Å². The monoisotopic (exact) mass is 214 g/mol. The van der Waals surface area contributed by atoms with Crippen molar-refractivity contribution in [1.82, 2.24) is 0 Å². The van der Waals surface area contributed by atoms with E-state index >= 15 is 0 Å². The summed E-state index contributed by atoms with van der Waals surface area (Å²) in [7, 11) is 0. The zero-order valence-corrected chi connectivity index (χ0v) is 7.89. The normalized spacial score (nSPS) is 29.9. The number of ether oxygens (including phenoxy) is 2. The highest BCUT2D eigenvalue weighted by Gasteiger charge is 2.47. The summed E-state index contributed by atoms with van der Waals surface area (Å²) in [5, 5.41) is 9.26. The Balaban J connectivity index is 2.20. The Morgan fingerprint density at radius 2 is 1.60 bits per heavy atom. The average Bonchev–Trinajstić information content (AvgIpc) is 1.96. The van der Waals surface area contributed by atoms with Crippen LogP contribution in [0, 0.1) is 5.41 Å². The van der Waals surface area contributed by atoms with Crippen molar-refractivity contribution in [2.24, 2.45) is 5.41 Å². The first-order chi connectivity index (χ1) is 6.99. The Morgan fingerprint density at radius 3 is 2.13 bits per heavy atom. The van der Waals surface area contributed by atoms with Crippen molar-refractivity contribution in [3.05, 3.63) is 0 Å². The van der Waals surface area contributed by atoms with Gasteiger partial charge in [0.1, 0.15) is 0 Å². The van der Waals surface area contributed by atoms with Crippen LogP contribution in [0.4, 0.5) is 0 Å². The number of esters is 3. The third-order valence-corrected chi connectivity index (χ3v) is 2.66. The van der Waals surface area contributed by atoms with E-state index in [-0.39, 0.29) is 25.7 Å². The van der Waals surface area contributed by atoms with Crippen molar-refractivity contribution >= 4 is 17.9 Å². The molecule has 6 heteroatoms. The molecule has 2 rings (SSSR count). The number of carbonyl (C=O) groups excluding carboxylic acids is 3. The molecule has 1 unspecified atom stereocenters. The van der Waals surface area contributed by atoms with Gasteiger partial charge in [-0.1, -0.05) is 0 Å². The molecule has 0 amide bonds. The van der Waals surface area contributed by atoms with Crippen LogP contribution in [0.5, 0.6) is 0 Å². The molecule has 0 aliphatic carbocycles. The maximum Gasteiger partial charge on any atom is 0.314 e. The number of aliphatic hydroxyl groups is 1. The summed E-state index contributed by atoms with van der Waals surface area (Å²) < 4.78 is 8.91. The van der Waals surface area contributed by atoms with E-state index in [1.807, 2.05) is 0 Å². The lowest BCUT2D eigenvalue weighted by atomic mass is 9.73. The van der Waals surface area contributed by atoms with Crippen LogP contribution in [0.2, 0.25) is 0 Å². The van der Waals surface area contributed by atoms with Crippen LogP contribution >= 0.6 is 0 Å². The molecule has 0 bridgehead atoms. The SMILES string of the molecule is O=C1CC2(CC(=O)O1)CC(=O)OC(O)C2. The molecule has 15 heavy (non-hydrogen) atoms. The predicted octanol–water partition coefficient (Wildman–Crippen LogP) is -0.508. The van der Waals surface area contributed by atoms with Crippen LogP contribution in [0.1, 0.15) is 25.7 Å². The maximum atomic E-state index is 11.1. The van der Waals surface area contributed by atoms with Crippen LogP contribution in [-0.2, 0) is 23.9 Å². The number of rotatable bonds is 0. The quantitative estimate of drug-likeness (QED) is 0.431. The first-order valence-electron chi connectivity index (χ1n) is 4.60. The number of carbonyl (C=O) groups is 3. The third-order valence-electron chi connectivity index (χ3n) is 2.66. The highest BCUT2D eigenvalue weighted by atomic mass is 16.6. The molecule has 2 aliphatic heterocycles. The van der Waals surface area contributed by atoms with Gasteiger partial charge in [0.05, 0.1) is 19.3 Å². The smallest absolute Gasteiger partial charge is 0.314 e. The van der Waals surface area contributed by atoms with E-state index in [2.05, 4.69) is 9.47 Å². The molecule has 2 fully saturated rings. The summed E-state index contributed by atoms with van der Waals surface area (Å²) in [6.07, 6.45) is -1.19. The topological polar surface area (TPSA) is 89.9 Å². The van der Waals surface area contributed by atoms with Gasteiger partial charge >= 0.3 is 17.9 Å². The lowest BCUT2D eigenvalue weighted by Crippen LogP contribution is -2.44. The Kier molecular flexibility index (Phi) is 2.22. The van der Waals surface area contributed by atoms with E-state index in [1.165, 1.54) is 0 Å². The van der Waals surface area contributed by atoms with Crippen molar-refractivity contribution in [3.8, 4) is 0 Å². The van der Waals surface area contributed by atoms with E-state index in [4.69, 9.17) is 0 Å². The van der Waals surface area contributed by atoms with Crippen molar-refractivity contribution in [3.63, 3.8) is 0 Å². The summed E-state index contributed by atoms with van der Waals surface area (Å²) in [6, 6.07) is 0. The molecule has 0 aromatic carbocycles. The molecule has 2 saturated heterocycles. The molecular weight excluding hydrogens is 204 g/mol. The molecule has 2 aliphatic rings. The van der Waals surface area contributed by atoms with Gasteiger partial charge in [0.2, 0.25) is 6.29 Å². The van der Waals surface area contributed by atoms with E-state index in [1.54, 1.807) is 0 Å². The van der Waals surface area contributed by atoms with Gasteiger partial charge in [-0.2, -0.15) is 0 Å².